The molecule has 1 aromatic carbocycles. The number of nitrogens with zero attached hydrogens (tertiary/aromatic N) is 2. The number of rotatable bonds is 3. The molecule has 2 aromatic rings. The maximum atomic E-state index is 4.76. The number of hydrogen-bond donors (Lipinski definition) is 1. The highest BCUT2D eigenvalue weighted by atomic mass is 15.2. The highest BCUT2D eigenvalue weighted by Gasteiger charge is 2.24. The van der Waals surface area contributed by atoms with E-state index in [1.54, 1.807) is 0 Å². The first-order valence-electron chi connectivity index (χ1n) is 8.59. The van der Waals surface area contributed by atoms with Crippen LogP contribution in [0, 0.1) is 20.8 Å². The van der Waals surface area contributed by atoms with Crippen LogP contribution in [0.4, 0.5) is 0 Å². The number of hydrogen-bond acceptors (Lipinski definition) is 3. The summed E-state index contributed by atoms with van der Waals surface area (Å²) in [6, 6.07) is 11.5. The Hall–Kier alpha value is -1.71. The minimum absolute atomic E-state index is 0.245. The van der Waals surface area contributed by atoms with E-state index in [2.05, 4.69) is 61.3 Å². The summed E-state index contributed by atoms with van der Waals surface area (Å²) in [7, 11) is 0. The Labute approximate surface area is 139 Å². The van der Waals surface area contributed by atoms with Crippen LogP contribution >= 0.6 is 0 Å². The van der Waals surface area contributed by atoms with Gasteiger partial charge in [-0.25, -0.2) is 0 Å². The van der Waals surface area contributed by atoms with Crippen molar-refractivity contribution in [1.29, 1.82) is 0 Å². The molecular formula is C20H27N3. The van der Waals surface area contributed by atoms with Crippen molar-refractivity contribution in [1.82, 2.24) is 15.2 Å². The summed E-state index contributed by atoms with van der Waals surface area (Å²) in [5.74, 6) is 0. The van der Waals surface area contributed by atoms with Crippen molar-refractivity contribution in [3.05, 3.63) is 64.5 Å². The van der Waals surface area contributed by atoms with E-state index in [0.29, 0.717) is 0 Å². The zero-order valence-electron chi connectivity index (χ0n) is 14.5. The van der Waals surface area contributed by atoms with Crippen LogP contribution < -0.4 is 5.32 Å². The van der Waals surface area contributed by atoms with Crippen molar-refractivity contribution in [3.63, 3.8) is 0 Å². The molecule has 0 saturated carbocycles. The lowest BCUT2D eigenvalue weighted by Crippen LogP contribution is -2.33. The molecule has 3 nitrogen and oxygen atoms in total. The minimum atomic E-state index is 0.245. The predicted octanol–water partition coefficient (Wildman–Crippen LogP) is 3.39. The van der Waals surface area contributed by atoms with E-state index >= 15 is 0 Å². The molecule has 2 heterocycles. The maximum Gasteiger partial charge on any atom is 0.0777 e. The highest BCUT2D eigenvalue weighted by molar-refractivity contribution is 5.35. The van der Waals surface area contributed by atoms with Crippen LogP contribution in [0.3, 0.4) is 0 Å². The van der Waals surface area contributed by atoms with Crippen LogP contribution in [0.25, 0.3) is 0 Å². The van der Waals surface area contributed by atoms with Gasteiger partial charge >= 0.3 is 0 Å². The summed E-state index contributed by atoms with van der Waals surface area (Å²) in [5.41, 5.74) is 6.38. The predicted molar refractivity (Wildman–Crippen MR) is 95.8 cm³/mol. The molecule has 0 radical (unpaired) electrons. The Balaban J connectivity index is 2.02. The fourth-order valence-corrected chi connectivity index (χ4v) is 3.50. The quantitative estimate of drug-likeness (QED) is 0.942. The van der Waals surface area contributed by atoms with Crippen LogP contribution in [-0.2, 0) is 0 Å². The molecule has 1 unspecified atom stereocenters. The molecule has 1 N–H and O–H groups in total. The molecule has 1 fully saturated rings. The average Bonchev–Trinajstić information content (AvgIpc) is 2.78. The fraction of sp³-hybridized carbons (Fsp3) is 0.450. The molecule has 0 bridgehead atoms. The number of aromatic nitrogens is 1. The highest BCUT2D eigenvalue weighted by Crippen LogP contribution is 2.29. The Morgan fingerprint density at radius 1 is 0.957 bits per heavy atom. The molecular weight excluding hydrogens is 282 g/mol. The van der Waals surface area contributed by atoms with Gasteiger partial charge in [0.1, 0.15) is 0 Å². The van der Waals surface area contributed by atoms with E-state index in [-0.39, 0.29) is 6.04 Å². The van der Waals surface area contributed by atoms with Crippen molar-refractivity contribution in [2.24, 2.45) is 0 Å². The van der Waals surface area contributed by atoms with E-state index in [9.17, 15) is 0 Å². The molecule has 1 aliphatic rings. The summed E-state index contributed by atoms with van der Waals surface area (Å²) in [6.45, 7) is 10.8. The molecule has 1 atom stereocenters. The van der Waals surface area contributed by atoms with Gasteiger partial charge in [-0.15, -0.1) is 0 Å². The lowest BCUT2D eigenvalue weighted by molar-refractivity contribution is 0.237. The molecule has 3 heteroatoms. The average molecular weight is 309 g/mol. The normalized spacial score (nSPS) is 17.7. The first-order valence-corrected chi connectivity index (χ1v) is 8.59. The van der Waals surface area contributed by atoms with Gasteiger partial charge in [-0.3, -0.25) is 9.88 Å². The summed E-state index contributed by atoms with van der Waals surface area (Å²) in [6.07, 6.45) is 3.17. The van der Waals surface area contributed by atoms with E-state index in [1.165, 1.54) is 28.7 Å². The van der Waals surface area contributed by atoms with Gasteiger partial charge in [-0.2, -0.15) is 0 Å². The topological polar surface area (TPSA) is 28.2 Å². The largest absolute Gasteiger partial charge is 0.315 e. The molecule has 3 rings (SSSR count). The van der Waals surface area contributed by atoms with Gasteiger partial charge < -0.3 is 5.32 Å². The number of aryl methyl sites for hydroxylation is 3. The molecule has 122 valence electrons. The summed E-state index contributed by atoms with van der Waals surface area (Å²) in [4.78, 5) is 7.33. The van der Waals surface area contributed by atoms with E-state index in [0.717, 1.165) is 31.9 Å². The fourth-order valence-electron chi connectivity index (χ4n) is 3.50. The summed E-state index contributed by atoms with van der Waals surface area (Å²) < 4.78 is 0. The Kier molecular flexibility index (Phi) is 5.09. The van der Waals surface area contributed by atoms with Crippen LogP contribution in [0.5, 0.6) is 0 Å². The molecule has 0 aliphatic carbocycles. The van der Waals surface area contributed by atoms with E-state index in [4.69, 9.17) is 4.98 Å². The lowest BCUT2D eigenvalue weighted by atomic mass is 9.97. The molecule has 1 aromatic heterocycles. The monoisotopic (exact) mass is 309 g/mol. The zero-order chi connectivity index (χ0) is 16.2. The Bertz CT molecular complexity index is 620. The second-order valence-electron chi connectivity index (χ2n) is 6.72. The first-order chi connectivity index (χ1) is 11.1. The van der Waals surface area contributed by atoms with Crippen LogP contribution in [0.1, 0.15) is 40.4 Å². The van der Waals surface area contributed by atoms with Crippen LogP contribution in [0.2, 0.25) is 0 Å². The van der Waals surface area contributed by atoms with Crippen molar-refractivity contribution in [3.8, 4) is 0 Å². The van der Waals surface area contributed by atoms with Gasteiger partial charge in [-0.1, -0.05) is 35.4 Å². The van der Waals surface area contributed by atoms with Gasteiger partial charge in [-0.05, 0) is 50.9 Å². The lowest BCUT2D eigenvalue weighted by Gasteiger charge is -2.31. The second kappa shape index (κ2) is 7.24. The van der Waals surface area contributed by atoms with Crippen molar-refractivity contribution in [2.45, 2.75) is 33.2 Å². The third-order valence-corrected chi connectivity index (χ3v) is 4.51. The van der Waals surface area contributed by atoms with E-state index in [1.807, 2.05) is 6.20 Å². The number of benzene rings is 1. The van der Waals surface area contributed by atoms with Crippen LogP contribution in [-0.4, -0.2) is 36.1 Å². The molecule has 1 saturated heterocycles. The van der Waals surface area contributed by atoms with Gasteiger partial charge in [0.15, 0.2) is 0 Å². The van der Waals surface area contributed by atoms with Gasteiger partial charge in [0, 0.05) is 25.8 Å². The summed E-state index contributed by atoms with van der Waals surface area (Å²) >= 11 is 0. The summed E-state index contributed by atoms with van der Waals surface area (Å²) in [5, 5.41) is 3.50. The SMILES string of the molecule is Cc1ccc(C(c2cc(C)cc(C)c2)N2CCCNCC2)nc1. The zero-order valence-corrected chi connectivity index (χ0v) is 14.5. The second-order valence-corrected chi connectivity index (χ2v) is 6.72. The van der Waals surface area contributed by atoms with Crippen LogP contribution in [0.15, 0.2) is 36.5 Å². The molecule has 0 spiro atoms. The standard InChI is InChI=1S/C20H27N3/c1-15-5-6-19(22-14-15)20(23-9-4-7-21-8-10-23)18-12-16(2)11-17(3)13-18/h5-6,11-14,20-21H,4,7-10H2,1-3H3. The smallest absolute Gasteiger partial charge is 0.0777 e. The van der Waals surface area contributed by atoms with E-state index < -0.39 is 0 Å². The maximum absolute atomic E-state index is 4.76. The third-order valence-electron chi connectivity index (χ3n) is 4.51. The van der Waals surface area contributed by atoms with Crippen molar-refractivity contribution < 1.29 is 0 Å². The minimum Gasteiger partial charge on any atom is -0.315 e. The van der Waals surface area contributed by atoms with Gasteiger partial charge in [0.05, 0.1) is 11.7 Å². The number of pyridine rings is 1. The third kappa shape index (κ3) is 3.98. The van der Waals surface area contributed by atoms with Gasteiger partial charge in [0.2, 0.25) is 0 Å². The number of nitrogens with one attached hydrogen (secondary N) is 1. The molecule has 1 aliphatic heterocycles. The van der Waals surface area contributed by atoms with Crippen molar-refractivity contribution >= 4 is 0 Å². The first kappa shape index (κ1) is 16.2. The van der Waals surface area contributed by atoms with Gasteiger partial charge in [0.25, 0.3) is 0 Å². The Morgan fingerprint density at radius 3 is 2.43 bits per heavy atom. The van der Waals surface area contributed by atoms with Crippen molar-refractivity contribution in [2.75, 3.05) is 26.2 Å². The Morgan fingerprint density at radius 2 is 1.74 bits per heavy atom. The molecule has 0 amide bonds. The molecule has 23 heavy (non-hydrogen) atoms.